The fourth-order valence-corrected chi connectivity index (χ4v) is 4.36. The molecule has 7 nitrogen and oxygen atoms in total. The summed E-state index contributed by atoms with van der Waals surface area (Å²) in [6.07, 6.45) is 2.36. The second-order valence-corrected chi connectivity index (χ2v) is 10.1. The molecular formula is C26H32N2O5S. The standard InChI is InChI=1S/C26H32N2O5S/c1-33-23-12-10-21(11-13-23)24(14-8-19-6-4-3-5-7-19)27-18-22(29)16-20-9-15-26(30)25(17-20)28-34(2,31)32/h3-7,9-13,15,17,22,24,27-30H,8,14,16,18H2,1-2H3/t22-,24+/m1/s1. The molecule has 0 spiro atoms. The maximum absolute atomic E-state index is 11.5. The molecule has 8 heteroatoms. The van der Waals surface area contributed by atoms with E-state index in [1.165, 1.54) is 17.7 Å². The highest BCUT2D eigenvalue weighted by Crippen LogP contribution is 2.26. The lowest BCUT2D eigenvalue weighted by Gasteiger charge is -2.22. The zero-order chi connectivity index (χ0) is 24.6. The number of anilines is 1. The van der Waals surface area contributed by atoms with Gasteiger partial charge in [-0.1, -0.05) is 48.5 Å². The number of aliphatic hydroxyl groups excluding tert-OH is 1. The van der Waals surface area contributed by atoms with Crippen molar-refractivity contribution < 1.29 is 23.4 Å². The van der Waals surface area contributed by atoms with Gasteiger partial charge in [0.15, 0.2) is 0 Å². The number of sulfonamides is 1. The van der Waals surface area contributed by atoms with Crippen LogP contribution in [0.15, 0.2) is 72.8 Å². The van der Waals surface area contributed by atoms with Gasteiger partial charge in [-0.05, 0) is 60.2 Å². The number of aliphatic hydroxyl groups is 1. The smallest absolute Gasteiger partial charge is 0.229 e. The minimum Gasteiger partial charge on any atom is -0.506 e. The van der Waals surface area contributed by atoms with Gasteiger partial charge in [0.25, 0.3) is 0 Å². The first kappa shape index (κ1) is 25.6. The fraction of sp³-hybridized carbons (Fsp3) is 0.308. The van der Waals surface area contributed by atoms with Crippen LogP contribution in [-0.2, 0) is 22.9 Å². The van der Waals surface area contributed by atoms with E-state index >= 15 is 0 Å². The number of rotatable bonds is 12. The van der Waals surface area contributed by atoms with Gasteiger partial charge in [-0.3, -0.25) is 4.72 Å². The second-order valence-electron chi connectivity index (χ2n) is 8.34. The van der Waals surface area contributed by atoms with E-state index in [0.717, 1.165) is 30.4 Å². The molecule has 3 aromatic rings. The molecule has 0 radical (unpaired) electrons. The van der Waals surface area contributed by atoms with Gasteiger partial charge in [0.2, 0.25) is 10.0 Å². The topological polar surface area (TPSA) is 108 Å². The minimum atomic E-state index is -3.53. The Kier molecular flexibility index (Phi) is 8.92. The molecule has 182 valence electrons. The predicted molar refractivity (Wildman–Crippen MR) is 135 cm³/mol. The Hall–Kier alpha value is -3.07. The molecule has 2 atom stereocenters. The van der Waals surface area contributed by atoms with Crippen molar-refractivity contribution in [2.45, 2.75) is 31.4 Å². The van der Waals surface area contributed by atoms with Gasteiger partial charge in [0.05, 0.1) is 25.2 Å². The molecule has 4 N–H and O–H groups in total. The minimum absolute atomic E-state index is 0.0306. The lowest BCUT2D eigenvalue weighted by molar-refractivity contribution is 0.166. The van der Waals surface area contributed by atoms with E-state index in [1.54, 1.807) is 13.2 Å². The van der Waals surface area contributed by atoms with Crippen LogP contribution in [0.2, 0.25) is 0 Å². The Morgan fingerprint density at radius 2 is 1.68 bits per heavy atom. The van der Waals surface area contributed by atoms with E-state index in [4.69, 9.17) is 4.74 Å². The van der Waals surface area contributed by atoms with Crippen molar-refractivity contribution in [3.8, 4) is 11.5 Å². The van der Waals surface area contributed by atoms with Crippen LogP contribution in [0.5, 0.6) is 11.5 Å². The summed E-state index contributed by atoms with van der Waals surface area (Å²) < 4.78 is 30.6. The maximum Gasteiger partial charge on any atom is 0.229 e. The highest BCUT2D eigenvalue weighted by Gasteiger charge is 2.15. The third-order valence-electron chi connectivity index (χ3n) is 5.51. The van der Waals surface area contributed by atoms with Crippen molar-refractivity contribution in [1.82, 2.24) is 5.32 Å². The van der Waals surface area contributed by atoms with E-state index in [-0.39, 0.29) is 17.5 Å². The number of aryl methyl sites for hydroxylation is 1. The van der Waals surface area contributed by atoms with Gasteiger partial charge in [-0.2, -0.15) is 0 Å². The Labute approximate surface area is 201 Å². The van der Waals surface area contributed by atoms with E-state index < -0.39 is 16.1 Å². The average Bonchev–Trinajstić information content (AvgIpc) is 2.81. The molecule has 0 saturated heterocycles. The third kappa shape index (κ3) is 8.06. The normalized spacial score (nSPS) is 13.3. The highest BCUT2D eigenvalue weighted by molar-refractivity contribution is 7.92. The van der Waals surface area contributed by atoms with Gasteiger partial charge in [0, 0.05) is 12.6 Å². The first-order valence-electron chi connectivity index (χ1n) is 11.1. The molecule has 0 bridgehead atoms. The lowest BCUT2D eigenvalue weighted by Crippen LogP contribution is -2.32. The summed E-state index contributed by atoms with van der Waals surface area (Å²) in [6, 6.07) is 22.8. The van der Waals surface area contributed by atoms with Crippen LogP contribution in [0, 0.1) is 0 Å². The first-order chi connectivity index (χ1) is 16.2. The second kappa shape index (κ2) is 11.9. The Morgan fingerprint density at radius 1 is 0.971 bits per heavy atom. The van der Waals surface area contributed by atoms with Crippen LogP contribution in [0.3, 0.4) is 0 Å². The number of phenols is 1. The van der Waals surface area contributed by atoms with Crippen LogP contribution < -0.4 is 14.8 Å². The summed E-state index contributed by atoms with van der Waals surface area (Å²) in [6.45, 7) is 0.348. The monoisotopic (exact) mass is 484 g/mol. The van der Waals surface area contributed by atoms with E-state index in [1.807, 2.05) is 42.5 Å². The van der Waals surface area contributed by atoms with E-state index in [9.17, 15) is 18.6 Å². The summed E-state index contributed by atoms with van der Waals surface area (Å²) in [5, 5.41) is 24.1. The average molecular weight is 485 g/mol. The molecule has 3 rings (SSSR count). The number of benzene rings is 3. The Morgan fingerprint density at radius 3 is 2.32 bits per heavy atom. The molecule has 0 heterocycles. The van der Waals surface area contributed by atoms with Gasteiger partial charge in [0.1, 0.15) is 11.5 Å². The third-order valence-corrected chi connectivity index (χ3v) is 6.10. The molecule has 34 heavy (non-hydrogen) atoms. The van der Waals surface area contributed by atoms with Crippen molar-refractivity contribution in [3.63, 3.8) is 0 Å². The zero-order valence-corrected chi connectivity index (χ0v) is 20.3. The highest BCUT2D eigenvalue weighted by atomic mass is 32.2. The molecule has 0 fully saturated rings. The van der Waals surface area contributed by atoms with Crippen LogP contribution in [0.4, 0.5) is 5.69 Å². The lowest BCUT2D eigenvalue weighted by atomic mass is 9.98. The first-order valence-corrected chi connectivity index (χ1v) is 13.0. The SMILES string of the molecule is COc1ccc([C@H](CCc2ccccc2)NC[C@H](O)Cc2ccc(O)c(NS(C)(=O)=O)c2)cc1. The molecule has 0 aromatic heterocycles. The van der Waals surface area contributed by atoms with Crippen LogP contribution in [0.25, 0.3) is 0 Å². The molecule has 0 aliphatic rings. The van der Waals surface area contributed by atoms with Crippen LogP contribution in [-0.4, -0.2) is 44.6 Å². The van der Waals surface area contributed by atoms with Crippen LogP contribution >= 0.6 is 0 Å². The Bertz CT molecular complexity index is 1150. The molecule has 0 saturated carbocycles. The number of phenolic OH excluding ortho intramolecular Hbond substituents is 1. The van der Waals surface area contributed by atoms with Gasteiger partial charge in [-0.25, -0.2) is 8.42 Å². The molecule has 3 aromatic carbocycles. The van der Waals surface area contributed by atoms with Crippen molar-refractivity contribution in [2.24, 2.45) is 0 Å². The number of methoxy groups -OCH3 is 1. The number of hydrogen-bond donors (Lipinski definition) is 4. The molecule has 0 unspecified atom stereocenters. The summed E-state index contributed by atoms with van der Waals surface area (Å²) in [7, 11) is -1.89. The summed E-state index contributed by atoms with van der Waals surface area (Å²) in [5.74, 6) is 0.624. The van der Waals surface area contributed by atoms with Crippen molar-refractivity contribution in [3.05, 3.63) is 89.5 Å². The number of nitrogens with one attached hydrogen (secondary N) is 2. The molecule has 0 aliphatic carbocycles. The number of aromatic hydroxyl groups is 1. The van der Waals surface area contributed by atoms with Gasteiger partial charge >= 0.3 is 0 Å². The van der Waals surface area contributed by atoms with Gasteiger partial charge in [-0.15, -0.1) is 0 Å². The Balaban J connectivity index is 1.65. The summed E-state index contributed by atoms with van der Waals surface area (Å²) >= 11 is 0. The zero-order valence-electron chi connectivity index (χ0n) is 19.4. The fourth-order valence-electron chi connectivity index (χ4n) is 3.79. The largest absolute Gasteiger partial charge is 0.506 e. The van der Waals surface area contributed by atoms with Gasteiger partial charge < -0.3 is 20.3 Å². The quantitative estimate of drug-likeness (QED) is 0.292. The van der Waals surface area contributed by atoms with E-state index in [0.29, 0.717) is 18.5 Å². The maximum atomic E-state index is 11.5. The summed E-state index contributed by atoms with van der Waals surface area (Å²) in [5.41, 5.74) is 3.16. The number of ether oxygens (including phenoxy) is 1. The molecule has 0 aliphatic heterocycles. The van der Waals surface area contributed by atoms with Crippen molar-refractivity contribution >= 4 is 15.7 Å². The predicted octanol–water partition coefficient (Wildman–Crippen LogP) is 3.64. The molecule has 0 amide bonds. The van der Waals surface area contributed by atoms with E-state index in [2.05, 4.69) is 22.2 Å². The summed E-state index contributed by atoms with van der Waals surface area (Å²) in [4.78, 5) is 0. The van der Waals surface area contributed by atoms with Crippen molar-refractivity contribution in [2.75, 3.05) is 24.6 Å². The van der Waals surface area contributed by atoms with Crippen molar-refractivity contribution in [1.29, 1.82) is 0 Å². The molecular weight excluding hydrogens is 452 g/mol. The number of hydrogen-bond acceptors (Lipinski definition) is 6. The van der Waals surface area contributed by atoms with Crippen LogP contribution in [0.1, 0.15) is 29.2 Å².